The molecule has 0 bridgehead atoms. The maximum Gasteiger partial charge on any atom is 0.225 e. The number of rotatable bonds is 9. The van der Waals surface area contributed by atoms with Crippen molar-refractivity contribution < 1.29 is 14.4 Å². The van der Waals surface area contributed by atoms with Crippen LogP contribution in [0.3, 0.4) is 0 Å². The summed E-state index contributed by atoms with van der Waals surface area (Å²) >= 11 is 1.48. The van der Waals surface area contributed by atoms with E-state index in [0.29, 0.717) is 37.6 Å². The van der Waals surface area contributed by atoms with Crippen LogP contribution < -0.4 is 10.6 Å². The van der Waals surface area contributed by atoms with E-state index in [-0.39, 0.29) is 29.6 Å². The Kier molecular flexibility index (Phi) is 9.78. The third kappa shape index (κ3) is 6.70. The molecule has 2 N–H and O–H groups in total. The van der Waals surface area contributed by atoms with Gasteiger partial charge in [0, 0.05) is 44.0 Å². The number of hydrogen-bond donors (Lipinski definition) is 2. The van der Waals surface area contributed by atoms with Gasteiger partial charge in [0.15, 0.2) is 5.13 Å². The number of fused-ring (bicyclic) bond motifs is 3. The van der Waals surface area contributed by atoms with Gasteiger partial charge in [-0.1, -0.05) is 62.5 Å². The fourth-order valence-electron chi connectivity index (χ4n) is 5.91. The Labute approximate surface area is 263 Å². The predicted molar refractivity (Wildman–Crippen MR) is 175 cm³/mol. The number of amides is 3. The first-order chi connectivity index (χ1) is 21.2. The number of thiazole rings is 1. The molecule has 1 aliphatic heterocycles. The number of hydrogen-bond acceptors (Lipinski definition) is 6. The molecule has 9 nitrogen and oxygen atoms in total. The van der Waals surface area contributed by atoms with E-state index >= 15 is 0 Å². The first-order valence-electron chi connectivity index (χ1n) is 15.6. The molecule has 10 heteroatoms. The van der Waals surface area contributed by atoms with Crippen molar-refractivity contribution >= 4 is 39.8 Å². The molecule has 0 unspecified atom stereocenters. The van der Waals surface area contributed by atoms with Gasteiger partial charge in [0.1, 0.15) is 0 Å². The van der Waals surface area contributed by atoms with Gasteiger partial charge in [-0.3, -0.25) is 14.4 Å². The second kappa shape index (κ2) is 13.7. The smallest absolute Gasteiger partial charge is 0.225 e. The third-order valence-corrected chi connectivity index (χ3v) is 9.22. The molecule has 2 aromatic heterocycles. The summed E-state index contributed by atoms with van der Waals surface area (Å²) in [6.07, 6.45) is 10.3. The van der Waals surface area contributed by atoms with Gasteiger partial charge < -0.3 is 15.5 Å². The molecule has 2 aliphatic rings. The minimum Gasteiger partial charge on any atom is -0.352 e. The Bertz CT molecular complexity index is 1610. The lowest BCUT2D eigenvalue weighted by Gasteiger charge is -2.32. The van der Waals surface area contributed by atoms with Gasteiger partial charge in [-0.05, 0) is 62.3 Å². The number of benzene rings is 1. The molecule has 3 heterocycles. The maximum absolute atomic E-state index is 13.1. The molecular formula is C34H42N6O3S. The van der Waals surface area contributed by atoms with Crippen LogP contribution in [0, 0.1) is 11.8 Å². The zero-order valence-electron chi connectivity index (χ0n) is 26.3. The van der Waals surface area contributed by atoms with Crippen LogP contribution in [0.25, 0.3) is 21.8 Å². The zero-order valence-corrected chi connectivity index (χ0v) is 27.1. The lowest BCUT2D eigenvalue weighted by Crippen LogP contribution is -2.44. The fraction of sp³-hybridized carbons (Fsp3) is 0.441. The molecule has 0 radical (unpaired) electrons. The van der Waals surface area contributed by atoms with E-state index in [9.17, 15) is 14.4 Å². The largest absolute Gasteiger partial charge is 0.352 e. The summed E-state index contributed by atoms with van der Waals surface area (Å²) in [7, 11) is 0. The standard InChI is InChI=1S/C34H42N6O3S/c1-6-8-11-24(7-2)29-27-13-14-28-31(44-34(37-28)36-22(5)41)30(27)40(38-29)26-12-9-10-23(19-26)20-35-32(42)25-15-17-39(18-16-25)33(43)21(3)4/h7-12,19,21,25H,6,13-18,20H2,1-5H3,(H,35,42)(H,36,37,41)/b11-8-,24-7+. The third-order valence-electron chi connectivity index (χ3n) is 8.20. The number of nitrogens with zero attached hydrogens (tertiary/aromatic N) is 4. The summed E-state index contributed by atoms with van der Waals surface area (Å²) in [5.74, 6) is -0.0670. The van der Waals surface area contributed by atoms with Crippen molar-refractivity contribution in [3.63, 3.8) is 0 Å². The van der Waals surface area contributed by atoms with Crippen LogP contribution in [0.4, 0.5) is 5.13 Å². The number of aryl methyl sites for hydroxylation is 1. The summed E-state index contributed by atoms with van der Waals surface area (Å²) in [6.45, 7) is 11.1. The Hall–Kier alpha value is -4.05. The molecule has 1 aliphatic carbocycles. The SMILES string of the molecule is C/C=C(\C=C/CC)c1nn(-c2cccc(CNC(=O)C3CCN(C(=O)C(C)C)CC3)c2)c2c1CCc1nc(NC(C)=O)sc1-2. The van der Waals surface area contributed by atoms with Crippen LogP contribution in [-0.4, -0.2) is 50.5 Å². The zero-order chi connectivity index (χ0) is 31.4. The van der Waals surface area contributed by atoms with Gasteiger partial charge in [0.25, 0.3) is 0 Å². The summed E-state index contributed by atoms with van der Waals surface area (Å²) in [5, 5.41) is 11.7. The highest BCUT2D eigenvalue weighted by Crippen LogP contribution is 2.43. The van der Waals surface area contributed by atoms with Crippen molar-refractivity contribution in [3.05, 3.63) is 65.0 Å². The second-order valence-corrected chi connectivity index (χ2v) is 12.8. The average molecular weight is 615 g/mol. The molecule has 0 spiro atoms. The second-order valence-electron chi connectivity index (χ2n) is 11.8. The van der Waals surface area contributed by atoms with Gasteiger partial charge in [0.05, 0.1) is 27.6 Å². The van der Waals surface area contributed by atoms with Crippen LogP contribution in [0.1, 0.15) is 76.4 Å². The van der Waals surface area contributed by atoms with Crippen molar-refractivity contribution in [2.45, 2.75) is 73.3 Å². The molecule has 44 heavy (non-hydrogen) atoms. The number of anilines is 1. The molecule has 0 saturated carbocycles. The first kappa shape index (κ1) is 31.4. The number of allylic oxidation sites excluding steroid dienone is 4. The summed E-state index contributed by atoms with van der Waals surface area (Å²) in [6, 6.07) is 8.11. The number of piperidine rings is 1. The van der Waals surface area contributed by atoms with Crippen LogP contribution in [-0.2, 0) is 33.8 Å². The highest BCUT2D eigenvalue weighted by molar-refractivity contribution is 7.19. The van der Waals surface area contributed by atoms with Crippen molar-refractivity contribution in [2.24, 2.45) is 11.8 Å². The van der Waals surface area contributed by atoms with E-state index in [0.717, 1.165) is 58.0 Å². The maximum atomic E-state index is 13.1. The normalized spacial score (nSPS) is 15.4. The topological polar surface area (TPSA) is 109 Å². The van der Waals surface area contributed by atoms with Gasteiger partial charge in [-0.25, -0.2) is 9.67 Å². The highest BCUT2D eigenvalue weighted by Gasteiger charge is 2.31. The number of carbonyl (C=O) groups excluding carboxylic acids is 3. The monoisotopic (exact) mass is 614 g/mol. The number of likely N-dealkylation sites (tertiary alicyclic amines) is 1. The Balaban J connectivity index is 1.41. The van der Waals surface area contributed by atoms with E-state index < -0.39 is 0 Å². The molecule has 1 saturated heterocycles. The molecule has 5 rings (SSSR count). The molecule has 3 amide bonds. The molecular weight excluding hydrogens is 572 g/mol. The Morgan fingerprint density at radius 1 is 1.16 bits per heavy atom. The summed E-state index contributed by atoms with van der Waals surface area (Å²) < 4.78 is 1.99. The van der Waals surface area contributed by atoms with Crippen molar-refractivity contribution in [2.75, 3.05) is 18.4 Å². The van der Waals surface area contributed by atoms with Crippen molar-refractivity contribution in [1.29, 1.82) is 0 Å². The Morgan fingerprint density at radius 3 is 2.61 bits per heavy atom. The molecule has 1 aromatic carbocycles. The predicted octanol–water partition coefficient (Wildman–Crippen LogP) is 5.93. The Morgan fingerprint density at radius 2 is 1.93 bits per heavy atom. The minimum atomic E-state index is -0.143. The van der Waals surface area contributed by atoms with Crippen LogP contribution in [0.2, 0.25) is 0 Å². The quantitative estimate of drug-likeness (QED) is 0.290. The van der Waals surface area contributed by atoms with Crippen molar-refractivity contribution in [3.8, 4) is 16.3 Å². The van der Waals surface area contributed by atoms with Crippen LogP contribution >= 0.6 is 11.3 Å². The van der Waals surface area contributed by atoms with E-state index in [2.05, 4.69) is 41.9 Å². The summed E-state index contributed by atoms with van der Waals surface area (Å²) in [4.78, 5) is 44.8. The van der Waals surface area contributed by atoms with Gasteiger partial charge in [-0.2, -0.15) is 5.10 Å². The minimum absolute atomic E-state index is 0.0246. The van der Waals surface area contributed by atoms with Crippen LogP contribution in [0.15, 0.2) is 42.5 Å². The molecule has 1 fully saturated rings. The van der Waals surface area contributed by atoms with Gasteiger partial charge in [-0.15, -0.1) is 0 Å². The van der Waals surface area contributed by atoms with Crippen molar-refractivity contribution in [1.82, 2.24) is 25.0 Å². The van der Waals surface area contributed by atoms with Gasteiger partial charge in [0.2, 0.25) is 17.7 Å². The number of aromatic nitrogens is 3. The number of carbonyl (C=O) groups is 3. The molecule has 232 valence electrons. The van der Waals surface area contributed by atoms with E-state index in [1.54, 1.807) is 0 Å². The molecule has 0 atom stereocenters. The average Bonchev–Trinajstić information content (AvgIpc) is 3.61. The van der Waals surface area contributed by atoms with E-state index in [1.165, 1.54) is 23.8 Å². The lowest BCUT2D eigenvalue weighted by atomic mass is 9.94. The number of nitrogens with one attached hydrogen (secondary N) is 2. The fourth-order valence-corrected chi connectivity index (χ4v) is 7.02. The van der Waals surface area contributed by atoms with Gasteiger partial charge >= 0.3 is 0 Å². The highest BCUT2D eigenvalue weighted by atomic mass is 32.1. The molecule has 3 aromatic rings. The lowest BCUT2D eigenvalue weighted by molar-refractivity contribution is -0.138. The van der Waals surface area contributed by atoms with E-state index in [4.69, 9.17) is 10.1 Å². The first-order valence-corrected chi connectivity index (χ1v) is 16.4. The summed E-state index contributed by atoms with van der Waals surface area (Å²) in [5.41, 5.74) is 7.04. The van der Waals surface area contributed by atoms with E-state index in [1.807, 2.05) is 48.6 Å². The van der Waals surface area contributed by atoms with Crippen LogP contribution in [0.5, 0.6) is 0 Å².